The van der Waals surface area contributed by atoms with Gasteiger partial charge in [-0.15, -0.1) is 0 Å². The number of hydrogen-bond donors (Lipinski definition) is 1. The average molecular weight is 258 g/mol. The first-order valence-corrected chi connectivity index (χ1v) is 7.74. The SMILES string of the molecule is CCCCCC(=N)c1ccccc1N1CCCCC1. The van der Waals surface area contributed by atoms with E-state index in [4.69, 9.17) is 5.41 Å². The van der Waals surface area contributed by atoms with Gasteiger partial charge in [-0.1, -0.05) is 38.0 Å². The molecule has 0 bridgehead atoms. The van der Waals surface area contributed by atoms with Crippen molar-refractivity contribution in [2.75, 3.05) is 18.0 Å². The predicted molar refractivity (Wildman–Crippen MR) is 83.5 cm³/mol. The molecule has 1 heterocycles. The Hall–Kier alpha value is -1.31. The number of para-hydroxylation sites is 1. The molecule has 0 aromatic heterocycles. The van der Waals surface area contributed by atoms with E-state index in [-0.39, 0.29) is 0 Å². The van der Waals surface area contributed by atoms with Crippen LogP contribution in [0.1, 0.15) is 57.4 Å². The first kappa shape index (κ1) is 14.1. The third kappa shape index (κ3) is 3.82. The van der Waals surface area contributed by atoms with Gasteiger partial charge in [0, 0.05) is 30.1 Å². The Morgan fingerprint density at radius 2 is 1.84 bits per heavy atom. The summed E-state index contributed by atoms with van der Waals surface area (Å²) in [5, 5.41) is 8.34. The molecule has 0 atom stereocenters. The van der Waals surface area contributed by atoms with Crippen LogP contribution in [-0.4, -0.2) is 18.8 Å². The van der Waals surface area contributed by atoms with Gasteiger partial charge in [0.2, 0.25) is 0 Å². The van der Waals surface area contributed by atoms with Gasteiger partial charge in [-0.05, 0) is 38.2 Å². The minimum atomic E-state index is 0.814. The molecule has 1 aromatic rings. The van der Waals surface area contributed by atoms with E-state index < -0.39 is 0 Å². The van der Waals surface area contributed by atoms with Crippen LogP contribution in [0.3, 0.4) is 0 Å². The smallest absolute Gasteiger partial charge is 0.0458 e. The monoisotopic (exact) mass is 258 g/mol. The Labute approximate surface area is 117 Å². The molecular weight excluding hydrogens is 232 g/mol. The number of piperidine rings is 1. The van der Waals surface area contributed by atoms with E-state index in [0.717, 1.165) is 37.2 Å². The minimum absolute atomic E-state index is 0.814. The lowest BCUT2D eigenvalue weighted by atomic mass is 10.0. The van der Waals surface area contributed by atoms with E-state index in [2.05, 4.69) is 36.1 Å². The van der Waals surface area contributed by atoms with Gasteiger partial charge in [0.15, 0.2) is 0 Å². The summed E-state index contributed by atoms with van der Waals surface area (Å²) in [6.07, 6.45) is 8.44. The van der Waals surface area contributed by atoms with Crippen LogP contribution in [0.4, 0.5) is 5.69 Å². The lowest BCUT2D eigenvalue weighted by Gasteiger charge is -2.30. The summed E-state index contributed by atoms with van der Waals surface area (Å²) in [4.78, 5) is 2.47. The van der Waals surface area contributed by atoms with Crippen LogP contribution in [0.15, 0.2) is 24.3 Å². The molecule has 1 aliphatic rings. The summed E-state index contributed by atoms with van der Waals surface area (Å²) in [5.41, 5.74) is 3.25. The van der Waals surface area contributed by atoms with Crippen molar-refractivity contribution in [1.82, 2.24) is 0 Å². The highest BCUT2D eigenvalue weighted by atomic mass is 15.1. The van der Waals surface area contributed by atoms with Gasteiger partial charge < -0.3 is 10.3 Å². The third-order valence-corrected chi connectivity index (χ3v) is 3.96. The average Bonchev–Trinajstić information content (AvgIpc) is 2.48. The molecule has 1 N–H and O–H groups in total. The molecule has 1 aromatic carbocycles. The molecule has 0 spiro atoms. The molecule has 104 valence electrons. The van der Waals surface area contributed by atoms with E-state index in [9.17, 15) is 0 Å². The van der Waals surface area contributed by atoms with Crippen LogP contribution < -0.4 is 4.90 Å². The van der Waals surface area contributed by atoms with Crippen LogP contribution >= 0.6 is 0 Å². The van der Waals surface area contributed by atoms with Crippen molar-refractivity contribution in [1.29, 1.82) is 5.41 Å². The molecule has 0 unspecified atom stereocenters. The molecule has 0 aliphatic carbocycles. The fraction of sp³-hybridized carbons (Fsp3) is 0.588. The summed E-state index contributed by atoms with van der Waals surface area (Å²) in [6.45, 7) is 4.52. The molecule has 0 saturated carbocycles. The number of nitrogens with one attached hydrogen (secondary N) is 1. The van der Waals surface area contributed by atoms with Crippen LogP contribution in [0.5, 0.6) is 0 Å². The molecule has 19 heavy (non-hydrogen) atoms. The molecule has 0 amide bonds. The van der Waals surface area contributed by atoms with Crippen molar-refractivity contribution in [3.8, 4) is 0 Å². The number of hydrogen-bond acceptors (Lipinski definition) is 2. The van der Waals surface area contributed by atoms with Crippen LogP contribution in [0.2, 0.25) is 0 Å². The van der Waals surface area contributed by atoms with Gasteiger partial charge in [-0.25, -0.2) is 0 Å². The zero-order valence-electron chi connectivity index (χ0n) is 12.1. The fourth-order valence-corrected chi connectivity index (χ4v) is 2.83. The highest BCUT2D eigenvalue weighted by molar-refractivity contribution is 6.03. The summed E-state index contributed by atoms with van der Waals surface area (Å²) in [7, 11) is 0. The number of nitrogens with zero attached hydrogens (tertiary/aromatic N) is 1. The molecular formula is C17H26N2. The Morgan fingerprint density at radius 1 is 1.11 bits per heavy atom. The summed E-state index contributed by atoms with van der Waals surface area (Å²) >= 11 is 0. The number of rotatable bonds is 6. The maximum Gasteiger partial charge on any atom is 0.0458 e. The third-order valence-electron chi connectivity index (χ3n) is 3.96. The molecule has 1 aliphatic heterocycles. The van der Waals surface area contributed by atoms with Crippen molar-refractivity contribution in [2.45, 2.75) is 51.9 Å². The van der Waals surface area contributed by atoms with E-state index in [1.54, 1.807) is 0 Å². The first-order chi connectivity index (χ1) is 9.33. The Bertz CT molecular complexity index is 405. The molecule has 1 fully saturated rings. The van der Waals surface area contributed by atoms with Gasteiger partial charge in [0.25, 0.3) is 0 Å². The van der Waals surface area contributed by atoms with E-state index in [1.165, 1.54) is 37.8 Å². The van der Waals surface area contributed by atoms with Crippen molar-refractivity contribution in [2.24, 2.45) is 0 Å². The standard InChI is InChI=1S/C17H26N2/c1-2-3-5-11-16(18)15-10-6-7-12-17(15)19-13-8-4-9-14-19/h6-7,10,12,18H,2-5,8-9,11,13-14H2,1H3. The maximum absolute atomic E-state index is 8.34. The Kier molecular flexibility index (Phi) is 5.44. The van der Waals surface area contributed by atoms with Crippen molar-refractivity contribution in [3.05, 3.63) is 29.8 Å². The zero-order valence-corrected chi connectivity index (χ0v) is 12.1. The molecule has 1 saturated heterocycles. The zero-order chi connectivity index (χ0) is 13.5. The number of unbranched alkanes of at least 4 members (excludes halogenated alkanes) is 2. The van der Waals surface area contributed by atoms with Crippen LogP contribution in [0, 0.1) is 5.41 Å². The highest BCUT2D eigenvalue weighted by Gasteiger charge is 2.15. The normalized spacial score (nSPS) is 15.5. The minimum Gasteiger partial charge on any atom is -0.371 e. The maximum atomic E-state index is 8.34. The molecule has 2 heteroatoms. The predicted octanol–water partition coefficient (Wildman–Crippen LogP) is 4.63. The van der Waals surface area contributed by atoms with E-state index >= 15 is 0 Å². The quantitative estimate of drug-likeness (QED) is 0.585. The van der Waals surface area contributed by atoms with Gasteiger partial charge in [0.05, 0.1) is 0 Å². The van der Waals surface area contributed by atoms with Crippen molar-refractivity contribution < 1.29 is 0 Å². The molecule has 2 nitrogen and oxygen atoms in total. The largest absolute Gasteiger partial charge is 0.371 e. The lowest BCUT2D eigenvalue weighted by Crippen LogP contribution is -2.30. The van der Waals surface area contributed by atoms with Gasteiger partial charge in [0.1, 0.15) is 0 Å². The van der Waals surface area contributed by atoms with Gasteiger partial charge in [-0.2, -0.15) is 0 Å². The molecule has 0 radical (unpaired) electrons. The second-order valence-electron chi connectivity index (χ2n) is 5.50. The number of benzene rings is 1. The van der Waals surface area contributed by atoms with Gasteiger partial charge >= 0.3 is 0 Å². The van der Waals surface area contributed by atoms with Crippen molar-refractivity contribution >= 4 is 11.4 Å². The van der Waals surface area contributed by atoms with Crippen LogP contribution in [-0.2, 0) is 0 Å². The van der Waals surface area contributed by atoms with Crippen molar-refractivity contribution in [3.63, 3.8) is 0 Å². The highest BCUT2D eigenvalue weighted by Crippen LogP contribution is 2.25. The topological polar surface area (TPSA) is 27.1 Å². The van der Waals surface area contributed by atoms with Crippen LogP contribution in [0.25, 0.3) is 0 Å². The second kappa shape index (κ2) is 7.32. The Balaban J connectivity index is 2.08. The fourth-order valence-electron chi connectivity index (χ4n) is 2.83. The lowest BCUT2D eigenvalue weighted by molar-refractivity contribution is 0.577. The van der Waals surface area contributed by atoms with E-state index in [0.29, 0.717) is 0 Å². The summed E-state index contributed by atoms with van der Waals surface area (Å²) in [6, 6.07) is 8.48. The van der Waals surface area contributed by atoms with Gasteiger partial charge in [-0.3, -0.25) is 0 Å². The number of anilines is 1. The summed E-state index contributed by atoms with van der Waals surface area (Å²) < 4.78 is 0. The van der Waals surface area contributed by atoms with E-state index in [1.807, 2.05) is 0 Å². The first-order valence-electron chi connectivity index (χ1n) is 7.74. The Morgan fingerprint density at radius 3 is 2.58 bits per heavy atom. The summed E-state index contributed by atoms with van der Waals surface area (Å²) in [5.74, 6) is 0. The second-order valence-corrected chi connectivity index (χ2v) is 5.50. The molecule has 2 rings (SSSR count).